The predicted octanol–water partition coefficient (Wildman–Crippen LogP) is 4.04. The quantitative estimate of drug-likeness (QED) is 0.663. The molecular weight excluding hydrogens is 348 g/mol. The summed E-state index contributed by atoms with van der Waals surface area (Å²) in [7, 11) is 0. The largest absolute Gasteiger partial charge is 0.316 e. The van der Waals surface area contributed by atoms with E-state index in [0.29, 0.717) is 11.3 Å². The highest BCUT2D eigenvalue weighted by atomic mass is 16.1. The van der Waals surface area contributed by atoms with E-state index < -0.39 is 0 Å². The molecule has 5 heteroatoms. The lowest BCUT2D eigenvalue weighted by Crippen LogP contribution is -2.23. The van der Waals surface area contributed by atoms with Crippen molar-refractivity contribution in [3.05, 3.63) is 64.7 Å². The smallest absolute Gasteiger partial charge is 0.265 e. The Morgan fingerprint density at radius 1 is 1.21 bits per heavy atom. The fourth-order valence-electron chi connectivity index (χ4n) is 3.63. The van der Waals surface area contributed by atoms with Crippen molar-refractivity contribution in [2.45, 2.75) is 32.6 Å². The maximum absolute atomic E-state index is 13.2. The van der Waals surface area contributed by atoms with Crippen LogP contribution in [0.4, 0.5) is 5.69 Å². The molecule has 1 N–H and O–H groups in total. The Kier molecular flexibility index (Phi) is 5.63. The van der Waals surface area contributed by atoms with Crippen molar-refractivity contribution >= 4 is 22.8 Å². The van der Waals surface area contributed by atoms with Gasteiger partial charge in [-0.05, 0) is 55.8 Å². The van der Waals surface area contributed by atoms with Gasteiger partial charge in [-0.3, -0.25) is 14.4 Å². The molecule has 0 spiro atoms. The van der Waals surface area contributed by atoms with Gasteiger partial charge in [-0.25, -0.2) is 4.98 Å². The van der Waals surface area contributed by atoms with E-state index in [9.17, 15) is 4.79 Å². The SMILES string of the molecule is CCCCc1nc2ccccc2c(=O)n1-c1ccc(N=CC2CCNC2)cc1. The van der Waals surface area contributed by atoms with E-state index in [0.717, 1.165) is 61.5 Å². The second-order valence-corrected chi connectivity index (χ2v) is 7.34. The molecule has 0 saturated carbocycles. The van der Waals surface area contributed by atoms with Crippen LogP contribution in [0.2, 0.25) is 0 Å². The summed E-state index contributed by atoms with van der Waals surface area (Å²) < 4.78 is 1.76. The highest BCUT2D eigenvalue weighted by Gasteiger charge is 2.13. The number of unbranched alkanes of at least 4 members (excludes halogenated alkanes) is 1. The number of para-hydroxylation sites is 1. The van der Waals surface area contributed by atoms with Crippen molar-refractivity contribution in [3.8, 4) is 5.69 Å². The molecule has 1 aromatic heterocycles. The average molecular weight is 374 g/mol. The first-order chi connectivity index (χ1) is 13.8. The van der Waals surface area contributed by atoms with Crippen LogP contribution >= 0.6 is 0 Å². The first kappa shape index (κ1) is 18.6. The van der Waals surface area contributed by atoms with Gasteiger partial charge >= 0.3 is 0 Å². The highest BCUT2D eigenvalue weighted by molar-refractivity contribution is 5.78. The lowest BCUT2D eigenvalue weighted by molar-refractivity contribution is 0.720. The second-order valence-electron chi connectivity index (χ2n) is 7.34. The van der Waals surface area contributed by atoms with E-state index in [1.54, 1.807) is 4.57 Å². The van der Waals surface area contributed by atoms with Crippen LogP contribution < -0.4 is 10.9 Å². The van der Waals surface area contributed by atoms with Gasteiger partial charge in [0, 0.05) is 25.1 Å². The third-order valence-electron chi connectivity index (χ3n) is 5.24. The van der Waals surface area contributed by atoms with Gasteiger partial charge < -0.3 is 5.32 Å². The Bertz CT molecular complexity index is 1030. The van der Waals surface area contributed by atoms with Crippen molar-refractivity contribution in [2.24, 2.45) is 10.9 Å². The lowest BCUT2D eigenvalue weighted by atomic mass is 10.1. The van der Waals surface area contributed by atoms with Crippen LogP contribution in [-0.4, -0.2) is 28.9 Å². The summed E-state index contributed by atoms with van der Waals surface area (Å²) >= 11 is 0. The number of hydrogen-bond acceptors (Lipinski definition) is 4. The molecule has 1 saturated heterocycles. The highest BCUT2D eigenvalue weighted by Crippen LogP contribution is 2.19. The van der Waals surface area contributed by atoms with Crippen LogP contribution in [0, 0.1) is 5.92 Å². The van der Waals surface area contributed by atoms with E-state index in [2.05, 4.69) is 17.2 Å². The lowest BCUT2D eigenvalue weighted by Gasteiger charge is -2.13. The standard InChI is InChI=1S/C23H26N4O/c1-2-3-8-22-26-21-7-5-4-6-20(21)23(28)27(22)19-11-9-18(10-12-19)25-16-17-13-14-24-15-17/h4-7,9-12,16-17,24H,2-3,8,13-15H2,1H3. The van der Waals surface area contributed by atoms with Gasteiger partial charge in [0.05, 0.1) is 22.3 Å². The van der Waals surface area contributed by atoms with Crippen molar-refractivity contribution in [3.63, 3.8) is 0 Å². The maximum Gasteiger partial charge on any atom is 0.265 e. The van der Waals surface area contributed by atoms with Crippen LogP contribution in [0.1, 0.15) is 32.0 Å². The van der Waals surface area contributed by atoms with Crippen molar-refractivity contribution in [1.82, 2.24) is 14.9 Å². The van der Waals surface area contributed by atoms with Gasteiger partial charge in [-0.2, -0.15) is 0 Å². The fraction of sp³-hybridized carbons (Fsp3) is 0.348. The summed E-state index contributed by atoms with van der Waals surface area (Å²) in [6.07, 6.45) is 6.02. The fourth-order valence-corrected chi connectivity index (χ4v) is 3.63. The van der Waals surface area contributed by atoms with Gasteiger partial charge in [0.25, 0.3) is 5.56 Å². The minimum atomic E-state index is -0.00927. The molecule has 144 valence electrons. The summed E-state index contributed by atoms with van der Waals surface area (Å²) in [5, 5.41) is 4.00. The summed E-state index contributed by atoms with van der Waals surface area (Å²) in [6.45, 7) is 4.21. The number of benzene rings is 2. The van der Waals surface area contributed by atoms with E-state index in [1.165, 1.54) is 0 Å². The number of aromatic nitrogens is 2. The third-order valence-corrected chi connectivity index (χ3v) is 5.24. The number of rotatable bonds is 6. The number of aliphatic imine (C=N–C) groups is 1. The topological polar surface area (TPSA) is 59.3 Å². The van der Waals surface area contributed by atoms with Crippen molar-refractivity contribution in [1.29, 1.82) is 0 Å². The Morgan fingerprint density at radius 3 is 2.79 bits per heavy atom. The first-order valence-corrected chi connectivity index (χ1v) is 10.1. The maximum atomic E-state index is 13.2. The first-order valence-electron chi connectivity index (χ1n) is 10.1. The predicted molar refractivity (Wildman–Crippen MR) is 115 cm³/mol. The van der Waals surface area contributed by atoms with Crippen LogP contribution in [-0.2, 0) is 6.42 Å². The number of nitrogens with one attached hydrogen (secondary N) is 1. The van der Waals surface area contributed by atoms with E-state index in [1.807, 2.05) is 54.7 Å². The number of aryl methyl sites for hydroxylation is 1. The molecule has 3 aromatic rings. The van der Waals surface area contributed by atoms with Gasteiger partial charge in [0.15, 0.2) is 0 Å². The summed E-state index contributed by atoms with van der Waals surface area (Å²) in [6, 6.07) is 15.4. The van der Waals surface area contributed by atoms with E-state index >= 15 is 0 Å². The molecule has 1 atom stereocenters. The van der Waals surface area contributed by atoms with Gasteiger partial charge in [0.2, 0.25) is 0 Å². The zero-order valence-electron chi connectivity index (χ0n) is 16.3. The Labute approximate surface area is 165 Å². The molecule has 2 aromatic carbocycles. The summed E-state index contributed by atoms with van der Waals surface area (Å²) in [5.41, 5.74) is 2.51. The van der Waals surface area contributed by atoms with E-state index in [-0.39, 0.29) is 5.56 Å². The molecule has 0 amide bonds. The van der Waals surface area contributed by atoms with Crippen molar-refractivity contribution in [2.75, 3.05) is 13.1 Å². The number of hydrogen-bond donors (Lipinski definition) is 1. The molecule has 1 aliphatic rings. The molecule has 1 fully saturated rings. The Hall–Kier alpha value is -2.79. The zero-order valence-corrected chi connectivity index (χ0v) is 16.3. The summed E-state index contributed by atoms with van der Waals surface area (Å²) in [5.74, 6) is 1.33. The normalized spacial score (nSPS) is 17.0. The summed E-state index contributed by atoms with van der Waals surface area (Å²) in [4.78, 5) is 22.6. The van der Waals surface area contributed by atoms with Crippen LogP contribution in [0.15, 0.2) is 58.3 Å². The van der Waals surface area contributed by atoms with Crippen LogP contribution in [0.3, 0.4) is 0 Å². The monoisotopic (exact) mass is 374 g/mol. The Balaban J connectivity index is 1.70. The minimum Gasteiger partial charge on any atom is -0.316 e. The molecule has 0 aliphatic carbocycles. The molecule has 5 nitrogen and oxygen atoms in total. The molecule has 1 aliphatic heterocycles. The molecule has 0 bridgehead atoms. The van der Waals surface area contributed by atoms with Crippen LogP contribution in [0.5, 0.6) is 0 Å². The molecule has 0 radical (unpaired) electrons. The van der Waals surface area contributed by atoms with Gasteiger partial charge in [0.1, 0.15) is 5.82 Å². The van der Waals surface area contributed by atoms with Gasteiger partial charge in [-0.15, -0.1) is 0 Å². The molecule has 28 heavy (non-hydrogen) atoms. The molecular formula is C23H26N4O. The van der Waals surface area contributed by atoms with Crippen molar-refractivity contribution < 1.29 is 0 Å². The molecule has 4 rings (SSSR count). The Morgan fingerprint density at radius 2 is 2.04 bits per heavy atom. The minimum absolute atomic E-state index is 0.00927. The third kappa shape index (κ3) is 3.90. The number of fused-ring (bicyclic) bond motifs is 1. The average Bonchev–Trinajstić information content (AvgIpc) is 3.25. The zero-order chi connectivity index (χ0) is 19.3. The van der Waals surface area contributed by atoms with E-state index in [4.69, 9.17) is 4.98 Å². The van der Waals surface area contributed by atoms with Gasteiger partial charge in [-0.1, -0.05) is 25.5 Å². The molecule has 2 heterocycles. The molecule has 1 unspecified atom stereocenters. The number of nitrogens with zero attached hydrogens (tertiary/aromatic N) is 3. The van der Waals surface area contributed by atoms with Crippen LogP contribution in [0.25, 0.3) is 16.6 Å². The second kappa shape index (κ2) is 8.48.